The molecule has 5 nitrogen and oxygen atoms in total. The van der Waals surface area contributed by atoms with Gasteiger partial charge in [0.2, 0.25) is 10.0 Å². The van der Waals surface area contributed by atoms with Crippen molar-refractivity contribution in [3.05, 3.63) is 92.9 Å². The zero-order valence-electron chi connectivity index (χ0n) is 17.1. The molecule has 1 N–H and O–H groups in total. The van der Waals surface area contributed by atoms with E-state index in [-0.39, 0.29) is 17.5 Å². The lowest BCUT2D eigenvalue weighted by molar-refractivity contribution is 0.586. The number of nitrogens with one attached hydrogen (secondary N) is 1. The molecule has 0 radical (unpaired) electrons. The number of hydrogen-bond donors (Lipinski definition) is 1. The van der Waals surface area contributed by atoms with Gasteiger partial charge < -0.3 is 0 Å². The summed E-state index contributed by atoms with van der Waals surface area (Å²) in [6.45, 7) is 1.99. The predicted molar refractivity (Wildman–Crippen MR) is 132 cm³/mol. The van der Waals surface area contributed by atoms with E-state index < -0.39 is 10.0 Å². The van der Waals surface area contributed by atoms with Crippen molar-refractivity contribution in [3.8, 4) is 0 Å². The summed E-state index contributed by atoms with van der Waals surface area (Å²) >= 11 is 18.6. The predicted octanol–water partition coefficient (Wildman–Crippen LogP) is 6.24. The maximum atomic E-state index is 12.7. The quantitative estimate of drug-likeness (QED) is 0.429. The molecule has 0 bridgehead atoms. The van der Waals surface area contributed by atoms with Crippen molar-refractivity contribution in [3.63, 3.8) is 0 Å². The Labute approximate surface area is 202 Å². The van der Waals surface area contributed by atoms with Gasteiger partial charge in [0.15, 0.2) is 0 Å². The molecule has 0 saturated heterocycles. The summed E-state index contributed by atoms with van der Waals surface area (Å²) < 4.78 is 28.1. The van der Waals surface area contributed by atoms with Crippen LogP contribution in [0.2, 0.25) is 15.1 Å². The maximum absolute atomic E-state index is 12.7. The number of anilines is 1. The number of nitrogens with zero attached hydrogens (tertiary/aromatic N) is 2. The van der Waals surface area contributed by atoms with E-state index >= 15 is 0 Å². The number of halogens is 3. The van der Waals surface area contributed by atoms with Gasteiger partial charge in [0, 0.05) is 16.5 Å². The molecule has 0 aromatic heterocycles. The first-order valence-electron chi connectivity index (χ1n) is 9.85. The van der Waals surface area contributed by atoms with E-state index in [0.29, 0.717) is 32.9 Å². The second-order valence-corrected chi connectivity index (χ2v) is 10.6. The summed E-state index contributed by atoms with van der Waals surface area (Å²) in [7, 11) is -3.66. The van der Waals surface area contributed by atoms with Gasteiger partial charge in [-0.1, -0.05) is 64.6 Å². The van der Waals surface area contributed by atoms with Crippen molar-refractivity contribution >= 4 is 56.2 Å². The minimum atomic E-state index is -3.66. The van der Waals surface area contributed by atoms with Crippen molar-refractivity contribution in [2.75, 3.05) is 11.6 Å². The zero-order chi connectivity index (χ0) is 22.9. The fraction of sp³-hybridized carbons (Fsp3) is 0.174. The summed E-state index contributed by atoms with van der Waals surface area (Å²) in [5.74, 6) is 0. The largest absolute Gasteiger partial charge is 0.256 e. The molecule has 166 valence electrons. The molecule has 0 amide bonds. The Hall–Kier alpha value is -2.09. The number of rotatable bonds is 6. The smallest absolute Gasteiger partial charge is 0.240 e. The summed E-state index contributed by atoms with van der Waals surface area (Å²) in [5.41, 5.74) is 3.35. The molecule has 0 spiro atoms. The fourth-order valence-corrected chi connectivity index (χ4v) is 5.13. The molecule has 0 fully saturated rings. The molecule has 1 atom stereocenters. The van der Waals surface area contributed by atoms with Crippen LogP contribution >= 0.6 is 34.8 Å². The van der Waals surface area contributed by atoms with Crippen LogP contribution in [0.5, 0.6) is 0 Å². The number of hydrazone groups is 1. The molecule has 1 aliphatic heterocycles. The molecule has 1 aliphatic rings. The van der Waals surface area contributed by atoms with Crippen LogP contribution in [0.25, 0.3) is 0 Å². The van der Waals surface area contributed by atoms with Gasteiger partial charge in [-0.15, -0.1) is 0 Å². The SMILES string of the molecule is Cc1ccc(S(=O)(=O)NCC2=NN(c3ccc(Cl)cc3Cl)C(c3ccc(Cl)cc3)C2)cc1. The summed E-state index contributed by atoms with van der Waals surface area (Å²) in [6, 6.07) is 19.2. The standard InChI is InChI=1S/C23H20Cl3N3O2S/c1-15-2-9-20(10-3-15)32(30,31)27-14-19-13-23(16-4-6-17(24)7-5-16)29(28-19)22-11-8-18(25)12-21(22)26/h2-12,23,27H,13-14H2,1H3. The number of benzene rings is 3. The molecule has 32 heavy (non-hydrogen) atoms. The van der Waals surface area contributed by atoms with Crippen molar-refractivity contribution < 1.29 is 8.42 Å². The third kappa shape index (κ3) is 5.11. The summed E-state index contributed by atoms with van der Waals surface area (Å²) in [5, 5.41) is 8.12. The van der Waals surface area contributed by atoms with Crippen LogP contribution in [0, 0.1) is 6.92 Å². The van der Waals surface area contributed by atoms with Crippen LogP contribution < -0.4 is 9.73 Å². The van der Waals surface area contributed by atoms with E-state index in [2.05, 4.69) is 4.72 Å². The van der Waals surface area contributed by atoms with Gasteiger partial charge in [-0.05, 0) is 55.0 Å². The average molecular weight is 509 g/mol. The van der Waals surface area contributed by atoms with Crippen LogP contribution in [0.15, 0.2) is 76.7 Å². The van der Waals surface area contributed by atoms with Crippen molar-refractivity contribution in [1.82, 2.24) is 4.72 Å². The van der Waals surface area contributed by atoms with Gasteiger partial charge in [-0.25, -0.2) is 13.1 Å². The normalized spacial score (nSPS) is 16.3. The van der Waals surface area contributed by atoms with E-state index in [9.17, 15) is 8.42 Å². The molecule has 0 saturated carbocycles. The average Bonchev–Trinajstić information content (AvgIpc) is 3.17. The first-order chi connectivity index (χ1) is 15.2. The minimum Gasteiger partial charge on any atom is -0.256 e. The molecule has 4 rings (SSSR count). The molecular weight excluding hydrogens is 489 g/mol. The van der Waals surface area contributed by atoms with Gasteiger partial charge in [-0.3, -0.25) is 5.01 Å². The Kier molecular flexibility index (Phi) is 6.79. The highest BCUT2D eigenvalue weighted by Crippen LogP contribution is 2.39. The molecule has 3 aromatic carbocycles. The van der Waals surface area contributed by atoms with Gasteiger partial charge in [0.05, 0.1) is 33.9 Å². The Balaban J connectivity index is 1.61. The highest BCUT2D eigenvalue weighted by atomic mass is 35.5. The Morgan fingerprint density at radius 3 is 2.28 bits per heavy atom. The van der Waals surface area contributed by atoms with Crippen LogP contribution in [0.4, 0.5) is 5.69 Å². The van der Waals surface area contributed by atoms with E-state index in [1.54, 1.807) is 47.5 Å². The van der Waals surface area contributed by atoms with Crippen molar-refractivity contribution in [2.24, 2.45) is 5.10 Å². The van der Waals surface area contributed by atoms with E-state index in [1.807, 2.05) is 31.2 Å². The zero-order valence-corrected chi connectivity index (χ0v) is 20.2. The van der Waals surface area contributed by atoms with Crippen LogP contribution in [-0.2, 0) is 10.0 Å². The second-order valence-electron chi connectivity index (χ2n) is 7.52. The highest BCUT2D eigenvalue weighted by Gasteiger charge is 2.31. The first kappa shape index (κ1) is 23.1. The van der Waals surface area contributed by atoms with Crippen molar-refractivity contribution in [1.29, 1.82) is 0 Å². The van der Waals surface area contributed by atoms with E-state index in [1.165, 1.54) is 0 Å². The van der Waals surface area contributed by atoms with E-state index in [0.717, 1.165) is 11.1 Å². The maximum Gasteiger partial charge on any atom is 0.240 e. The Bertz CT molecular complexity index is 1260. The Morgan fingerprint density at radius 2 is 1.62 bits per heavy atom. The van der Waals surface area contributed by atoms with Gasteiger partial charge >= 0.3 is 0 Å². The second kappa shape index (κ2) is 9.41. The van der Waals surface area contributed by atoms with Gasteiger partial charge in [0.25, 0.3) is 0 Å². The first-order valence-corrected chi connectivity index (χ1v) is 12.5. The van der Waals surface area contributed by atoms with Crippen LogP contribution in [-0.4, -0.2) is 20.7 Å². The number of aryl methyl sites for hydroxylation is 1. The topological polar surface area (TPSA) is 61.8 Å². The molecular formula is C23H20Cl3N3O2S. The Morgan fingerprint density at radius 1 is 0.969 bits per heavy atom. The van der Waals surface area contributed by atoms with E-state index in [4.69, 9.17) is 39.9 Å². The molecule has 3 aromatic rings. The van der Waals surface area contributed by atoms with Crippen molar-refractivity contribution in [2.45, 2.75) is 24.3 Å². The highest BCUT2D eigenvalue weighted by molar-refractivity contribution is 7.89. The summed E-state index contributed by atoms with van der Waals surface area (Å²) in [4.78, 5) is 0.216. The molecule has 1 unspecified atom stereocenters. The number of hydrogen-bond acceptors (Lipinski definition) is 4. The lowest BCUT2D eigenvalue weighted by Crippen LogP contribution is -2.29. The molecule has 0 aliphatic carbocycles. The fourth-order valence-electron chi connectivity index (χ4n) is 3.49. The third-order valence-corrected chi connectivity index (χ3v) is 7.39. The molecule has 9 heteroatoms. The minimum absolute atomic E-state index is 0.0853. The lowest BCUT2D eigenvalue weighted by Gasteiger charge is -2.25. The molecule has 1 heterocycles. The van der Waals surface area contributed by atoms with Gasteiger partial charge in [-0.2, -0.15) is 5.10 Å². The monoisotopic (exact) mass is 507 g/mol. The lowest BCUT2D eigenvalue weighted by atomic mass is 10.0. The summed E-state index contributed by atoms with van der Waals surface area (Å²) in [6.07, 6.45) is 0.525. The van der Waals surface area contributed by atoms with Crippen LogP contribution in [0.3, 0.4) is 0 Å². The van der Waals surface area contributed by atoms with Gasteiger partial charge in [0.1, 0.15) is 0 Å². The third-order valence-electron chi connectivity index (χ3n) is 5.18. The number of sulfonamides is 1. The van der Waals surface area contributed by atoms with Crippen LogP contribution in [0.1, 0.15) is 23.6 Å².